The predicted octanol–water partition coefficient (Wildman–Crippen LogP) is 6.90. The molecule has 6 rings (SSSR count). The van der Waals surface area contributed by atoms with Crippen LogP contribution in [-0.4, -0.2) is 52.7 Å². The van der Waals surface area contributed by atoms with Crippen molar-refractivity contribution < 1.29 is 19.1 Å². The summed E-state index contributed by atoms with van der Waals surface area (Å²) in [6, 6.07) is 18.8. The van der Waals surface area contributed by atoms with E-state index in [1.807, 2.05) is 26.1 Å². The number of nitrogens with one attached hydrogen (secondary N) is 1. The Morgan fingerprint density at radius 2 is 1.91 bits per heavy atom. The summed E-state index contributed by atoms with van der Waals surface area (Å²) in [5.41, 5.74) is 11.6. The summed E-state index contributed by atoms with van der Waals surface area (Å²) in [5.74, 6) is -0.552. The number of cyclic esters (lactones) is 1. The molecule has 2 aromatic heterocycles. The molecule has 3 atom stereocenters. The molecule has 242 valence electrons. The van der Waals surface area contributed by atoms with Crippen LogP contribution in [0, 0.1) is 11.3 Å². The Hall–Kier alpha value is -4.01. The highest BCUT2D eigenvalue weighted by molar-refractivity contribution is 5.95. The molecule has 1 saturated heterocycles. The maximum Gasteiger partial charge on any atom is 0.324 e. The summed E-state index contributed by atoms with van der Waals surface area (Å²) in [4.78, 5) is 31.6. The lowest BCUT2D eigenvalue weighted by Gasteiger charge is -2.35. The first kappa shape index (κ1) is 32.0. The molecule has 2 aliphatic heterocycles. The van der Waals surface area contributed by atoms with E-state index in [1.54, 1.807) is 12.1 Å². The molecule has 46 heavy (non-hydrogen) atoms. The standard InChI is InChI=1S/C38H46N4O4/c1-7-41-33-16-15-28-21-30(33)31(35(41)29-13-9-17-39-34(29)25(3)45-6)22-38(4,5)23-46-37(44)32-14-10-18-42(40-32)36(43)24(2)19-26-11-8-12-27(28)20-26/h8-9,11-13,15-17,20-21,24-25,32,40H,7,10,14,18-19,22-23H2,1-6H3/t24-,25-,32-/m0/s1. The van der Waals surface area contributed by atoms with Gasteiger partial charge in [0.15, 0.2) is 0 Å². The Bertz CT molecular complexity index is 1760. The molecular formula is C38H46N4O4. The fourth-order valence-corrected chi connectivity index (χ4v) is 7.07. The lowest BCUT2D eigenvalue weighted by molar-refractivity contribution is -0.155. The van der Waals surface area contributed by atoms with Gasteiger partial charge in [-0.15, -0.1) is 0 Å². The van der Waals surface area contributed by atoms with E-state index in [-0.39, 0.29) is 35.9 Å². The smallest absolute Gasteiger partial charge is 0.324 e. The van der Waals surface area contributed by atoms with Gasteiger partial charge < -0.3 is 14.0 Å². The largest absolute Gasteiger partial charge is 0.464 e. The monoisotopic (exact) mass is 622 g/mol. The highest BCUT2D eigenvalue weighted by Gasteiger charge is 2.34. The van der Waals surface area contributed by atoms with Crippen LogP contribution in [-0.2, 0) is 38.4 Å². The van der Waals surface area contributed by atoms with Crippen molar-refractivity contribution in [3.05, 3.63) is 77.6 Å². The third kappa shape index (κ3) is 6.20. The lowest BCUT2D eigenvalue weighted by atomic mass is 9.84. The van der Waals surface area contributed by atoms with Crippen molar-refractivity contribution in [3.63, 3.8) is 0 Å². The number of amides is 1. The van der Waals surface area contributed by atoms with Crippen LogP contribution in [0.3, 0.4) is 0 Å². The third-order valence-corrected chi connectivity index (χ3v) is 9.54. The van der Waals surface area contributed by atoms with Gasteiger partial charge in [0.2, 0.25) is 5.91 Å². The van der Waals surface area contributed by atoms with Crippen molar-refractivity contribution in [2.24, 2.45) is 11.3 Å². The number of carbonyl (C=O) groups excluding carboxylic acids is 2. The average Bonchev–Trinajstić information content (AvgIpc) is 3.37. The molecule has 0 radical (unpaired) electrons. The molecule has 1 N–H and O–H groups in total. The predicted molar refractivity (Wildman–Crippen MR) is 181 cm³/mol. The summed E-state index contributed by atoms with van der Waals surface area (Å²) in [6.45, 7) is 12.1. The summed E-state index contributed by atoms with van der Waals surface area (Å²) < 4.78 is 14.2. The number of hydrogen-bond acceptors (Lipinski definition) is 6. The van der Waals surface area contributed by atoms with E-state index in [0.717, 1.165) is 52.1 Å². The van der Waals surface area contributed by atoms with Gasteiger partial charge in [-0.1, -0.05) is 51.1 Å². The zero-order valence-electron chi connectivity index (χ0n) is 27.9. The van der Waals surface area contributed by atoms with Crippen molar-refractivity contribution in [2.45, 2.75) is 79.0 Å². The molecule has 0 spiro atoms. The fraction of sp³-hybridized carbons (Fsp3) is 0.447. The number of pyridine rings is 1. The summed E-state index contributed by atoms with van der Waals surface area (Å²) in [6.07, 6.45) is 4.31. The van der Waals surface area contributed by atoms with Gasteiger partial charge in [0.05, 0.1) is 24.1 Å². The van der Waals surface area contributed by atoms with Gasteiger partial charge in [0, 0.05) is 54.2 Å². The second kappa shape index (κ2) is 13.0. The van der Waals surface area contributed by atoms with Crippen LogP contribution in [0.4, 0.5) is 0 Å². The van der Waals surface area contributed by atoms with Gasteiger partial charge >= 0.3 is 5.97 Å². The molecule has 4 heterocycles. The summed E-state index contributed by atoms with van der Waals surface area (Å²) in [5, 5.41) is 2.80. The first-order valence-corrected chi connectivity index (χ1v) is 16.6. The van der Waals surface area contributed by atoms with Crippen LogP contribution in [0.2, 0.25) is 0 Å². The van der Waals surface area contributed by atoms with Crippen LogP contribution in [0.5, 0.6) is 0 Å². The minimum atomic E-state index is -0.545. The zero-order valence-corrected chi connectivity index (χ0v) is 27.9. The van der Waals surface area contributed by atoms with Crippen molar-refractivity contribution in [2.75, 3.05) is 20.3 Å². The minimum absolute atomic E-state index is 0.00130. The molecule has 1 amide bonds. The van der Waals surface area contributed by atoms with Gasteiger partial charge in [-0.2, -0.15) is 0 Å². The van der Waals surface area contributed by atoms with E-state index in [2.05, 4.69) is 79.3 Å². The first-order valence-electron chi connectivity index (χ1n) is 16.6. The van der Waals surface area contributed by atoms with Crippen molar-refractivity contribution >= 4 is 22.8 Å². The van der Waals surface area contributed by atoms with Gasteiger partial charge in [0.1, 0.15) is 6.04 Å². The van der Waals surface area contributed by atoms with Crippen LogP contribution in [0.15, 0.2) is 60.8 Å². The highest BCUT2D eigenvalue weighted by Crippen LogP contribution is 2.42. The van der Waals surface area contributed by atoms with E-state index in [1.165, 1.54) is 10.9 Å². The Labute approximate surface area is 272 Å². The molecule has 6 bridgehead atoms. The number of hydrazine groups is 1. The van der Waals surface area contributed by atoms with E-state index in [0.29, 0.717) is 25.8 Å². The van der Waals surface area contributed by atoms with Gasteiger partial charge in [-0.25, -0.2) is 5.43 Å². The van der Waals surface area contributed by atoms with Crippen molar-refractivity contribution in [3.8, 4) is 22.4 Å². The molecule has 0 aliphatic carbocycles. The van der Waals surface area contributed by atoms with Crippen LogP contribution < -0.4 is 5.43 Å². The Kier molecular flexibility index (Phi) is 9.03. The first-order chi connectivity index (χ1) is 22.1. The molecule has 1 fully saturated rings. The quantitative estimate of drug-likeness (QED) is 0.249. The van der Waals surface area contributed by atoms with Gasteiger partial charge in [0.25, 0.3) is 0 Å². The third-order valence-electron chi connectivity index (χ3n) is 9.54. The number of aryl methyl sites for hydroxylation is 1. The van der Waals surface area contributed by atoms with E-state index in [4.69, 9.17) is 14.5 Å². The Morgan fingerprint density at radius 3 is 2.70 bits per heavy atom. The molecule has 8 nitrogen and oxygen atoms in total. The Morgan fingerprint density at radius 1 is 1.11 bits per heavy atom. The number of nitrogens with zero attached hydrogens (tertiary/aromatic N) is 3. The maximum atomic E-state index is 13.5. The zero-order chi connectivity index (χ0) is 32.6. The Balaban J connectivity index is 1.55. The van der Waals surface area contributed by atoms with Crippen molar-refractivity contribution in [1.29, 1.82) is 0 Å². The molecule has 2 aliphatic rings. The second-order valence-corrected chi connectivity index (χ2v) is 13.7. The normalized spacial score (nSPS) is 21.1. The van der Waals surface area contributed by atoms with Crippen LogP contribution in [0.25, 0.3) is 33.3 Å². The molecular weight excluding hydrogens is 576 g/mol. The summed E-state index contributed by atoms with van der Waals surface area (Å²) >= 11 is 0. The molecule has 0 saturated carbocycles. The number of esters is 1. The van der Waals surface area contributed by atoms with Gasteiger partial charge in [-0.3, -0.25) is 19.6 Å². The molecule has 0 unspecified atom stereocenters. The number of carbonyl (C=O) groups is 2. The topological polar surface area (TPSA) is 85.7 Å². The SMILES string of the molecule is CCn1c(-c2cccnc2[C@H](C)OC)c2c3cc(ccc31)-c1cccc(c1)C[C@H](C)C(=O)N1CCC[C@H](N1)C(=O)OCC(C)(C)C2. The lowest BCUT2D eigenvalue weighted by Crippen LogP contribution is -2.56. The number of rotatable bonds is 4. The van der Waals surface area contributed by atoms with Gasteiger partial charge in [-0.05, 0) is 86.1 Å². The molecule has 4 aromatic rings. The van der Waals surface area contributed by atoms with Crippen LogP contribution >= 0.6 is 0 Å². The molecule has 8 heteroatoms. The number of aromatic nitrogens is 2. The fourth-order valence-electron chi connectivity index (χ4n) is 7.07. The maximum absolute atomic E-state index is 13.5. The van der Waals surface area contributed by atoms with Crippen LogP contribution in [0.1, 0.15) is 70.4 Å². The number of methoxy groups -OCH3 is 1. The number of ether oxygens (including phenoxy) is 2. The highest BCUT2D eigenvalue weighted by atomic mass is 16.5. The number of fused-ring (bicyclic) bond motifs is 6. The second-order valence-electron chi connectivity index (χ2n) is 13.7. The molecule has 2 aromatic carbocycles. The summed E-state index contributed by atoms with van der Waals surface area (Å²) in [7, 11) is 1.72. The van der Waals surface area contributed by atoms with Crippen molar-refractivity contribution in [1.82, 2.24) is 20.0 Å². The van der Waals surface area contributed by atoms with E-state index >= 15 is 0 Å². The van der Waals surface area contributed by atoms with E-state index < -0.39 is 6.04 Å². The minimum Gasteiger partial charge on any atom is -0.464 e. The average molecular weight is 623 g/mol. The number of hydrogen-bond donors (Lipinski definition) is 1. The van der Waals surface area contributed by atoms with E-state index in [9.17, 15) is 9.59 Å². The number of benzene rings is 2.